The number of hydrogen-bond acceptors (Lipinski definition) is 7. The van der Waals surface area contributed by atoms with Gasteiger partial charge in [0.1, 0.15) is 26.3 Å². The summed E-state index contributed by atoms with van der Waals surface area (Å²) in [6, 6.07) is 4.52. The third-order valence-corrected chi connectivity index (χ3v) is 28.4. The third-order valence-electron chi connectivity index (χ3n) is 9.07. The van der Waals surface area contributed by atoms with Gasteiger partial charge in [-0.2, -0.15) is 0 Å². The molecule has 0 saturated carbocycles. The molecule has 0 N–H and O–H groups in total. The van der Waals surface area contributed by atoms with Crippen LogP contribution < -0.4 is 0 Å². The Labute approximate surface area is 328 Å². The molecule has 0 spiro atoms. The number of hydrogen-bond donors (Lipinski definition) is 0. The number of unbranched alkanes of at least 4 members (excludes halogenated alkanes) is 2. The molecule has 0 aliphatic carbocycles. The van der Waals surface area contributed by atoms with E-state index in [0.717, 1.165) is 72.5 Å². The van der Waals surface area contributed by atoms with Crippen molar-refractivity contribution in [2.45, 2.75) is 129 Å². The first-order chi connectivity index (χ1) is 22.4. The fourth-order valence-corrected chi connectivity index (χ4v) is 32.2. The van der Waals surface area contributed by atoms with Gasteiger partial charge >= 0.3 is 20.5 Å². The summed E-state index contributed by atoms with van der Waals surface area (Å²) >= 11 is 0. The molecule has 0 aromatic carbocycles. The van der Waals surface area contributed by atoms with Gasteiger partial charge < -0.3 is 45.6 Å². The van der Waals surface area contributed by atoms with E-state index in [2.05, 4.69) is 107 Å². The number of esters is 2. The van der Waals surface area contributed by atoms with Crippen LogP contribution in [-0.2, 0) is 31.4 Å². The van der Waals surface area contributed by atoms with Gasteiger partial charge in [-0.05, 0) is 129 Å². The molecule has 0 fully saturated rings. The second kappa shape index (κ2) is 23.4. The number of quaternary nitrogens is 2. The maximum Gasteiger partial charge on any atom is 0.333 e. The molecule has 0 aliphatic rings. The summed E-state index contributed by atoms with van der Waals surface area (Å²) in [5.74, 6) is -0.614. The van der Waals surface area contributed by atoms with Gasteiger partial charge in [-0.25, -0.2) is 9.59 Å². The standard InChI is InChI=1S/C36H80N2O7Si5.2CH3/c1-33(2)35(39)41-27-25-37(5,6)23-19-21-29-46(9,10)43-48(13,14)31-32-49(15,16)45-50(17,18)44-47(11,12)30-22-20-24-38(7,8)26-28-42-36(40)34(3)4;;/h1,3,19-32H2,2,4-18H3;2*1H3/q+2;2*-1. The molecule has 0 unspecified atom stereocenters. The van der Waals surface area contributed by atoms with Gasteiger partial charge in [-0.15, -0.1) is 0 Å². The minimum Gasteiger partial charge on any atom is -0.456 e. The van der Waals surface area contributed by atoms with Crippen LogP contribution in [0.2, 0.25) is 89.6 Å². The molecule has 0 bridgehead atoms. The zero-order chi connectivity index (χ0) is 39.2. The van der Waals surface area contributed by atoms with Crippen LogP contribution in [0.5, 0.6) is 0 Å². The summed E-state index contributed by atoms with van der Waals surface area (Å²) in [6.45, 7) is 38.7. The topological polar surface area (TPSA) is 80.3 Å². The maximum absolute atomic E-state index is 11.7. The number of likely N-dealkylation sites (N-methyl/N-ethyl adjacent to an activating group) is 2. The Hall–Kier alpha value is -0.696. The average molecular weight is 824 g/mol. The molecule has 52 heavy (non-hydrogen) atoms. The van der Waals surface area contributed by atoms with E-state index < -0.39 is 41.8 Å². The smallest absolute Gasteiger partial charge is 0.333 e. The van der Waals surface area contributed by atoms with Crippen LogP contribution in [0.25, 0.3) is 0 Å². The number of carbonyl (C=O) groups excluding carboxylic acids is 2. The van der Waals surface area contributed by atoms with Crippen LogP contribution in [0.4, 0.5) is 0 Å². The number of nitrogens with zero attached hydrogens (tertiary/aromatic N) is 2. The van der Waals surface area contributed by atoms with Crippen molar-refractivity contribution in [2.24, 2.45) is 0 Å². The van der Waals surface area contributed by atoms with Crippen LogP contribution in [0.3, 0.4) is 0 Å². The lowest BCUT2D eigenvalue weighted by atomic mass is 10.3. The highest BCUT2D eigenvalue weighted by atomic mass is 28.5. The summed E-state index contributed by atoms with van der Waals surface area (Å²) in [6.07, 6.45) is 4.57. The molecule has 0 radical (unpaired) electrons. The predicted octanol–water partition coefficient (Wildman–Crippen LogP) is 9.41. The molecule has 9 nitrogen and oxygen atoms in total. The van der Waals surface area contributed by atoms with Gasteiger partial charge in [0.2, 0.25) is 0 Å². The summed E-state index contributed by atoms with van der Waals surface area (Å²) in [5.41, 5.74) is 0.896. The van der Waals surface area contributed by atoms with E-state index >= 15 is 0 Å². The van der Waals surface area contributed by atoms with Gasteiger partial charge in [0, 0.05) is 11.1 Å². The normalized spacial score (nSPS) is 13.2. The Morgan fingerprint density at radius 3 is 1.10 bits per heavy atom. The quantitative estimate of drug-likeness (QED) is 0.0204. The van der Waals surface area contributed by atoms with Crippen molar-refractivity contribution in [3.63, 3.8) is 0 Å². The molecular formula is C38H86N2O7Si5. The first kappa shape index (κ1) is 55.6. The summed E-state index contributed by atoms with van der Waals surface area (Å²) < 4.78 is 33.2. The van der Waals surface area contributed by atoms with Gasteiger partial charge in [0.25, 0.3) is 0 Å². The second-order valence-electron chi connectivity index (χ2n) is 18.8. The Balaban J connectivity index is -0.0000120. The summed E-state index contributed by atoms with van der Waals surface area (Å²) in [7, 11) is -0.964. The fourth-order valence-electron chi connectivity index (χ4n) is 6.33. The van der Waals surface area contributed by atoms with Crippen molar-refractivity contribution >= 4 is 53.8 Å². The van der Waals surface area contributed by atoms with Crippen LogP contribution in [0, 0.1) is 14.9 Å². The molecule has 0 rings (SSSR count). The molecule has 0 saturated heterocycles. The van der Waals surface area contributed by atoms with E-state index in [0.29, 0.717) is 24.4 Å². The molecule has 0 heterocycles. The Kier molecular flexibility index (Phi) is 25.0. The average Bonchev–Trinajstić information content (AvgIpc) is 2.90. The minimum atomic E-state index is -2.29. The van der Waals surface area contributed by atoms with E-state index in [1.54, 1.807) is 13.8 Å². The number of carbonyl (C=O) groups is 2. The van der Waals surface area contributed by atoms with Gasteiger partial charge in [0.15, 0.2) is 33.3 Å². The van der Waals surface area contributed by atoms with Crippen molar-refractivity contribution < 1.29 is 40.4 Å². The van der Waals surface area contributed by atoms with Crippen molar-refractivity contribution in [1.82, 2.24) is 0 Å². The Morgan fingerprint density at radius 1 is 0.481 bits per heavy atom. The van der Waals surface area contributed by atoms with E-state index in [1.807, 2.05) is 0 Å². The maximum atomic E-state index is 11.7. The van der Waals surface area contributed by atoms with Crippen molar-refractivity contribution in [2.75, 3.05) is 67.6 Å². The van der Waals surface area contributed by atoms with Crippen LogP contribution >= 0.6 is 0 Å². The van der Waals surface area contributed by atoms with Gasteiger partial charge in [0.05, 0.1) is 41.3 Å². The molecule has 0 amide bonds. The molecule has 0 aromatic rings. The zero-order valence-electron chi connectivity index (χ0n) is 37.6. The number of ether oxygens (including phenoxy) is 2. The van der Waals surface area contributed by atoms with Gasteiger partial charge in [-0.3, -0.25) is 0 Å². The Morgan fingerprint density at radius 2 is 0.769 bits per heavy atom. The monoisotopic (exact) mass is 823 g/mol. The molecule has 0 aromatic heterocycles. The second-order valence-corrected chi connectivity index (χ2v) is 40.1. The van der Waals surface area contributed by atoms with Gasteiger partial charge in [-0.1, -0.05) is 13.2 Å². The Bertz CT molecular complexity index is 1110. The highest BCUT2D eigenvalue weighted by Gasteiger charge is 2.41. The van der Waals surface area contributed by atoms with Crippen LogP contribution in [0.1, 0.15) is 39.5 Å². The van der Waals surface area contributed by atoms with Crippen LogP contribution in [-0.4, -0.2) is 130 Å². The van der Waals surface area contributed by atoms with Crippen molar-refractivity contribution in [3.05, 3.63) is 39.2 Å². The van der Waals surface area contributed by atoms with E-state index in [-0.39, 0.29) is 26.8 Å². The zero-order valence-corrected chi connectivity index (χ0v) is 42.6. The lowest BCUT2D eigenvalue weighted by molar-refractivity contribution is -0.890. The summed E-state index contributed by atoms with van der Waals surface area (Å²) in [4.78, 5) is 23.4. The fraction of sp³-hybridized carbons (Fsp3) is 0.789. The highest BCUT2D eigenvalue weighted by molar-refractivity contribution is 6.89. The number of rotatable bonds is 27. The lowest BCUT2D eigenvalue weighted by Crippen LogP contribution is -2.53. The predicted molar refractivity (Wildman–Crippen MR) is 236 cm³/mol. The van der Waals surface area contributed by atoms with E-state index in [9.17, 15) is 9.59 Å². The molecule has 14 heteroatoms. The first-order valence-electron chi connectivity index (χ1n) is 18.8. The molecule has 310 valence electrons. The van der Waals surface area contributed by atoms with E-state index in [4.69, 9.17) is 21.8 Å². The summed E-state index contributed by atoms with van der Waals surface area (Å²) in [5, 5.41) is 0. The molecular weight excluding hydrogens is 737 g/mol. The van der Waals surface area contributed by atoms with E-state index in [1.165, 1.54) is 12.5 Å². The van der Waals surface area contributed by atoms with Crippen molar-refractivity contribution in [3.8, 4) is 0 Å². The minimum absolute atomic E-state index is 0. The molecule has 0 atom stereocenters. The third kappa shape index (κ3) is 27.8. The van der Waals surface area contributed by atoms with Crippen LogP contribution in [0.15, 0.2) is 24.3 Å². The highest BCUT2D eigenvalue weighted by Crippen LogP contribution is 2.31. The van der Waals surface area contributed by atoms with Crippen molar-refractivity contribution in [1.29, 1.82) is 0 Å². The lowest BCUT2D eigenvalue weighted by Gasteiger charge is -2.40. The molecule has 0 aliphatic heterocycles. The SMILES string of the molecule is C=C(C)C(=O)OCC[N+](C)(C)CCCC[Si](C)(C)O[Si](C)(C)CC[Si](C)(C)O[Si](C)(C)O[Si](C)(C)CCCC[N+](C)(C)CCOC(=O)C(=C)C.[CH3-].[CH3-]. The largest absolute Gasteiger partial charge is 0.456 e. The first-order valence-corrected chi connectivity index (χ1v) is 34.1.